The molecule has 0 radical (unpaired) electrons. The van der Waals surface area contributed by atoms with E-state index in [0.29, 0.717) is 12.5 Å². The number of benzene rings is 2. The molecule has 2 aliphatic heterocycles. The summed E-state index contributed by atoms with van der Waals surface area (Å²) in [6, 6.07) is 18.1. The Morgan fingerprint density at radius 1 is 0.893 bits per heavy atom. The number of piperidine rings is 1. The highest BCUT2D eigenvalue weighted by molar-refractivity contribution is 5.94. The summed E-state index contributed by atoms with van der Waals surface area (Å²) in [7, 11) is 0. The molecule has 4 nitrogen and oxygen atoms in total. The van der Waals surface area contributed by atoms with Crippen molar-refractivity contribution in [3.05, 3.63) is 60.2 Å². The van der Waals surface area contributed by atoms with Crippen molar-refractivity contribution in [1.82, 2.24) is 9.80 Å². The summed E-state index contributed by atoms with van der Waals surface area (Å²) in [6.45, 7) is 5.02. The van der Waals surface area contributed by atoms with E-state index >= 15 is 0 Å². The quantitative estimate of drug-likeness (QED) is 0.866. The lowest BCUT2D eigenvalue weighted by atomic mass is 9.88. The Labute approximate surface area is 167 Å². The van der Waals surface area contributed by atoms with Crippen LogP contribution in [-0.4, -0.2) is 60.1 Å². The van der Waals surface area contributed by atoms with E-state index in [0.717, 1.165) is 36.2 Å². The second-order valence-corrected chi connectivity index (χ2v) is 8.31. The van der Waals surface area contributed by atoms with Crippen LogP contribution in [0.1, 0.15) is 29.6 Å². The van der Waals surface area contributed by atoms with Crippen molar-refractivity contribution in [3.63, 3.8) is 0 Å². The van der Waals surface area contributed by atoms with Gasteiger partial charge in [-0.2, -0.15) is 0 Å². The van der Waals surface area contributed by atoms with Gasteiger partial charge in [0.05, 0.1) is 0 Å². The Morgan fingerprint density at radius 2 is 1.54 bits per heavy atom. The van der Waals surface area contributed by atoms with E-state index in [-0.39, 0.29) is 18.4 Å². The van der Waals surface area contributed by atoms with Crippen LogP contribution in [0.5, 0.6) is 0 Å². The highest BCUT2D eigenvalue weighted by Gasteiger charge is 2.31. The molecule has 0 bridgehead atoms. The highest BCUT2D eigenvalue weighted by Crippen LogP contribution is 2.26. The van der Waals surface area contributed by atoms with Crippen molar-refractivity contribution in [3.8, 4) is 11.1 Å². The number of likely N-dealkylation sites (tertiary alicyclic amines) is 2. The van der Waals surface area contributed by atoms with E-state index in [1.54, 1.807) is 0 Å². The smallest absolute Gasteiger partial charge is 0.253 e. The van der Waals surface area contributed by atoms with Crippen LogP contribution in [0.15, 0.2) is 54.6 Å². The summed E-state index contributed by atoms with van der Waals surface area (Å²) in [4.78, 5) is 17.6. The summed E-state index contributed by atoms with van der Waals surface area (Å²) in [5.41, 5.74) is 3.01. The number of hydrogen-bond donors (Lipinski definition) is 1. The Morgan fingerprint density at radius 3 is 2.21 bits per heavy atom. The Balaban J connectivity index is 1.44. The zero-order valence-electron chi connectivity index (χ0n) is 16.5. The number of carbonyl (C=O) groups excluding carboxylic acids is 1. The summed E-state index contributed by atoms with van der Waals surface area (Å²) < 4.78 is 0. The van der Waals surface area contributed by atoms with Crippen molar-refractivity contribution in [2.75, 3.05) is 39.3 Å². The molecule has 2 aromatic rings. The van der Waals surface area contributed by atoms with Crippen LogP contribution < -0.4 is 0 Å². The average Bonchev–Trinajstić information content (AvgIpc) is 3.26. The molecule has 2 heterocycles. The number of nitrogens with zero attached hydrogens (tertiary/aromatic N) is 2. The molecule has 4 rings (SSSR count). The first-order valence-corrected chi connectivity index (χ1v) is 10.5. The molecule has 148 valence electrons. The predicted molar refractivity (Wildman–Crippen MR) is 112 cm³/mol. The van der Waals surface area contributed by atoms with Crippen molar-refractivity contribution < 1.29 is 9.90 Å². The fraction of sp³-hybridized carbons (Fsp3) is 0.458. The van der Waals surface area contributed by atoms with Crippen molar-refractivity contribution >= 4 is 5.91 Å². The summed E-state index contributed by atoms with van der Waals surface area (Å²) in [6.07, 6.45) is 3.59. The first-order valence-electron chi connectivity index (χ1n) is 10.5. The SMILES string of the molecule is O=C(c1ccc(-c2ccccc2)cc1)N1C[C@H](CO)C[C@H](CN2CCCC2)C1. The lowest BCUT2D eigenvalue weighted by molar-refractivity contribution is 0.0465. The van der Waals surface area contributed by atoms with Crippen LogP contribution in [0, 0.1) is 11.8 Å². The van der Waals surface area contributed by atoms with Gasteiger partial charge >= 0.3 is 0 Å². The maximum Gasteiger partial charge on any atom is 0.253 e. The molecule has 0 aliphatic carbocycles. The van der Waals surface area contributed by atoms with E-state index in [2.05, 4.69) is 17.0 Å². The van der Waals surface area contributed by atoms with Crippen LogP contribution in [0.25, 0.3) is 11.1 Å². The third-order valence-corrected chi connectivity index (χ3v) is 6.12. The molecule has 2 aliphatic rings. The fourth-order valence-electron chi connectivity index (χ4n) is 4.70. The van der Waals surface area contributed by atoms with Crippen molar-refractivity contribution in [2.45, 2.75) is 19.3 Å². The van der Waals surface area contributed by atoms with Gasteiger partial charge in [-0.05, 0) is 67.4 Å². The molecule has 2 atom stereocenters. The monoisotopic (exact) mass is 378 g/mol. The van der Waals surface area contributed by atoms with E-state index in [9.17, 15) is 9.90 Å². The Hall–Kier alpha value is -2.17. The van der Waals surface area contributed by atoms with Gasteiger partial charge in [0.25, 0.3) is 5.91 Å². The van der Waals surface area contributed by atoms with Crippen LogP contribution >= 0.6 is 0 Å². The third-order valence-electron chi connectivity index (χ3n) is 6.12. The van der Waals surface area contributed by atoms with Crippen LogP contribution in [-0.2, 0) is 0 Å². The predicted octanol–water partition coefficient (Wildman–Crippen LogP) is 3.52. The summed E-state index contributed by atoms with van der Waals surface area (Å²) in [5.74, 6) is 0.731. The molecule has 1 amide bonds. The summed E-state index contributed by atoms with van der Waals surface area (Å²) >= 11 is 0. The number of aliphatic hydroxyl groups excluding tert-OH is 1. The van der Waals surface area contributed by atoms with Gasteiger partial charge in [0.1, 0.15) is 0 Å². The van der Waals surface area contributed by atoms with Gasteiger partial charge in [-0.1, -0.05) is 42.5 Å². The topological polar surface area (TPSA) is 43.8 Å². The van der Waals surface area contributed by atoms with Gasteiger partial charge in [0, 0.05) is 31.8 Å². The average molecular weight is 379 g/mol. The Bertz CT molecular complexity index is 769. The molecule has 2 aromatic carbocycles. The molecule has 0 saturated carbocycles. The molecule has 1 N–H and O–H groups in total. The molecule has 28 heavy (non-hydrogen) atoms. The van der Waals surface area contributed by atoms with Crippen molar-refractivity contribution in [1.29, 1.82) is 0 Å². The second-order valence-electron chi connectivity index (χ2n) is 8.31. The van der Waals surface area contributed by atoms with Crippen molar-refractivity contribution in [2.24, 2.45) is 11.8 Å². The first kappa shape index (κ1) is 19.2. The number of aliphatic hydroxyl groups is 1. The third kappa shape index (κ3) is 4.45. The van der Waals surface area contributed by atoms with Crippen LogP contribution in [0.2, 0.25) is 0 Å². The molecule has 2 saturated heterocycles. The molecule has 0 unspecified atom stereocenters. The van der Waals surface area contributed by atoms with Gasteiger partial charge in [-0.3, -0.25) is 4.79 Å². The lowest BCUT2D eigenvalue weighted by Gasteiger charge is -2.38. The maximum atomic E-state index is 13.1. The molecule has 0 spiro atoms. The van der Waals surface area contributed by atoms with E-state index in [4.69, 9.17) is 0 Å². The minimum atomic E-state index is 0.0872. The Kier molecular flexibility index (Phi) is 6.08. The largest absolute Gasteiger partial charge is 0.396 e. The van der Waals surface area contributed by atoms with Gasteiger partial charge in [0.2, 0.25) is 0 Å². The molecular weight excluding hydrogens is 348 g/mol. The van der Waals surface area contributed by atoms with E-state index in [1.807, 2.05) is 47.4 Å². The molecule has 0 aromatic heterocycles. The fourth-order valence-corrected chi connectivity index (χ4v) is 4.70. The van der Waals surface area contributed by atoms with Crippen LogP contribution in [0.4, 0.5) is 0 Å². The lowest BCUT2D eigenvalue weighted by Crippen LogP contribution is -2.47. The zero-order valence-corrected chi connectivity index (χ0v) is 16.5. The normalized spacial score (nSPS) is 23.1. The van der Waals surface area contributed by atoms with Crippen LogP contribution in [0.3, 0.4) is 0 Å². The first-order chi connectivity index (χ1) is 13.7. The van der Waals surface area contributed by atoms with Gasteiger partial charge in [-0.25, -0.2) is 0 Å². The van der Waals surface area contributed by atoms with Gasteiger partial charge < -0.3 is 14.9 Å². The van der Waals surface area contributed by atoms with Gasteiger partial charge in [-0.15, -0.1) is 0 Å². The van der Waals surface area contributed by atoms with Gasteiger partial charge in [0.15, 0.2) is 0 Å². The minimum Gasteiger partial charge on any atom is -0.396 e. The van der Waals surface area contributed by atoms with E-state index < -0.39 is 0 Å². The van der Waals surface area contributed by atoms with E-state index in [1.165, 1.54) is 25.9 Å². The number of hydrogen-bond acceptors (Lipinski definition) is 3. The standard InChI is InChI=1S/C24H30N2O2/c27-18-20-14-19(15-25-12-4-5-13-25)16-26(17-20)24(28)23-10-8-22(9-11-23)21-6-2-1-3-7-21/h1-3,6-11,19-20,27H,4-5,12-18H2/t19-,20-/m1/s1. The maximum absolute atomic E-state index is 13.1. The summed E-state index contributed by atoms with van der Waals surface area (Å²) in [5, 5.41) is 9.75. The molecule has 4 heteroatoms. The number of amides is 1. The highest BCUT2D eigenvalue weighted by atomic mass is 16.3. The zero-order chi connectivity index (χ0) is 19.3. The number of rotatable bonds is 5. The minimum absolute atomic E-state index is 0.0872. The second kappa shape index (κ2) is 8.89. The number of carbonyl (C=O) groups is 1. The molecular formula is C24H30N2O2. The molecule has 2 fully saturated rings.